The Morgan fingerprint density at radius 3 is 2.42 bits per heavy atom. The van der Waals surface area contributed by atoms with Crippen molar-refractivity contribution < 1.29 is 34.4 Å². The minimum Gasteiger partial charge on any atom is -0.511 e. The highest BCUT2D eigenvalue weighted by Gasteiger charge is 2.50. The first-order valence-electron chi connectivity index (χ1n) is 11.9. The molecule has 0 radical (unpaired) electrons. The zero-order chi connectivity index (χ0) is 25.7. The summed E-state index contributed by atoms with van der Waals surface area (Å²) in [5.74, 6) is -4.43. The first-order valence-corrected chi connectivity index (χ1v) is 11.9. The minimum atomic E-state index is -1.11. The van der Waals surface area contributed by atoms with Crippen LogP contribution >= 0.6 is 0 Å². The highest BCUT2D eigenvalue weighted by Crippen LogP contribution is 2.49. The molecule has 8 nitrogen and oxygen atoms in total. The molecule has 3 atom stereocenters. The number of hydrogen-bond donors (Lipinski definition) is 4. The van der Waals surface area contributed by atoms with Crippen LogP contribution in [0.15, 0.2) is 59.1 Å². The maximum absolute atomic E-state index is 13.6. The number of amides is 1. The van der Waals surface area contributed by atoms with E-state index in [1.54, 1.807) is 7.11 Å². The SMILES string of the molecule is COc1ccc(CCc2ccc(O)c3c2C[C@H]2C[C@H]4CC(O)=C(C(N)=O)C(=O)C4C(O)=C2C3=O)cc1. The Balaban J connectivity index is 1.49. The zero-order valence-electron chi connectivity index (χ0n) is 19.8. The third-order valence-electron chi connectivity index (χ3n) is 7.71. The summed E-state index contributed by atoms with van der Waals surface area (Å²) < 4.78 is 5.21. The fraction of sp³-hybridized carbons (Fsp3) is 0.321. The number of aromatic hydroxyl groups is 1. The van der Waals surface area contributed by atoms with Gasteiger partial charge in [0.2, 0.25) is 0 Å². The van der Waals surface area contributed by atoms with Crippen LogP contribution in [0.3, 0.4) is 0 Å². The van der Waals surface area contributed by atoms with Gasteiger partial charge in [-0.2, -0.15) is 0 Å². The lowest BCUT2D eigenvalue weighted by Gasteiger charge is -2.41. The number of aliphatic hydroxyl groups is 2. The summed E-state index contributed by atoms with van der Waals surface area (Å²) in [6.07, 6.45) is 2.19. The monoisotopic (exact) mass is 489 g/mol. The van der Waals surface area contributed by atoms with Crippen LogP contribution in [0.5, 0.6) is 11.5 Å². The van der Waals surface area contributed by atoms with Crippen LogP contribution in [0.4, 0.5) is 0 Å². The summed E-state index contributed by atoms with van der Waals surface area (Å²) >= 11 is 0. The van der Waals surface area contributed by atoms with Crippen LogP contribution < -0.4 is 10.5 Å². The van der Waals surface area contributed by atoms with Crippen LogP contribution in [0.1, 0.15) is 39.9 Å². The molecule has 5 rings (SSSR count). The van der Waals surface area contributed by atoms with Crippen molar-refractivity contribution in [3.05, 3.63) is 81.3 Å². The predicted octanol–water partition coefficient (Wildman–Crippen LogP) is 3.26. The molecule has 0 saturated carbocycles. The highest BCUT2D eigenvalue weighted by atomic mass is 16.5. The van der Waals surface area contributed by atoms with Gasteiger partial charge in [-0.1, -0.05) is 18.2 Å². The number of rotatable bonds is 5. The molecule has 0 heterocycles. The summed E-state index contributed by atoms with van der Waals surface area (Å²) in [5, 5.41) is 32.0. The first-order chi connectivity index (χ1) is 17.2. The Morgan fingerprint density at radius 1 is 1.03 bits per heavy atom. The Kier molecular flexibility index (Phi) is 5.82. The number of methoxy groups -OCH3 is 1. The van der Waals surface area contributed by atoms with Gasteiger partial charge >= 0.3 is 0 Å². The van der Waals surface area contributed by atoms with Crippen molar-refractivity contribution in [2.45, 2.75) is 32.1 Å². The van der Waals surface area contributed by atoms with Crippen LogP contribution in [-0.2, 0) is 28.9 Å². The minimum absolute atomic E-state index is 0.0218. The van der Waals surface area contributed by atoms with Crippen LogP contribution in [-0.4, -0.2) is 39.9 Å². The van der Waals surface area contributed by atoms with E-state index in [4.69, 9.17) is 10.5 Å². The van der Waals surface area contributed by atoms with Crippen molar-refractivity contribution in [3.63, 3.8) is 0 Å². The normalized spacial score (nSPS) is 23.2. The number of fused-ring (bicyclic) bond motifs is 3. The lowest BCUT2D eigenvalue weighted by Crippen LogP contribution is -2.43. The number of hydrogen-bond acceptors (Lipinski definition) is 7. The van der Waals surface area contributed by atoms with Gasteiger partial charge in [0.25, 0.3) is 5.91 Å². The molecule has 3 aliphatic carbocycles. The largest absolute Gasteiger partial charge is 0.511 e. The van der Waals surface area contributed by atoms with Crippen LogP contribution in [0, 0.1) is 17.8 Å². The van der Waals surface area contributed by atoms with Crippen molar-refractivity contribution in [2.24, 2.45) is 23.5 Å². The van der Waals surface area contributed by atoms with Gasteiger partial charge in [-0.05, 0) is 72.4 Å². The zero-order valence-corrected chi connectivity index (χ0v) is 19.8. The van der Waals surface area contributed by atoms with E-state index in [9.17, 15) is 29.7 Å². The second-order valence-electron chi connectivity index (χ2n) is 9.70. The average molecular weight is 490 g/mol. The number of allylic oxidation sites excluding steroid dienone is 3. The molecule has 1 unspecified atom stereocenters. The van der Waals surface area contributed by atoms with E-state index in [-0.39, 0.29) is 40.7 Å². The van der Waals surface area contributed by atoms with E-state index in [2.05, 4.69) is 0 Å². The molecule has 186 valence electrons. The van der Waals surface area contributed by atoms with Gasteiger partial charge in [-0.3, -0.25) is 14.4 Å². The average Bonchev–Trinajstić information content (AvgIpc) is 2.83. The topological polar surface area (TPSA) is 147 Å². The van der Waals surface area contributed by atoms with Gasteiger partial charge in [0.05, 0.1) is 18.6 Å². The molecule has 0 aliphatic heterocycles. The fourth-order valence-corrected chi connectivity index (χ4v) is 6.01. The number of Topliss-reactive ketones (excluding diaryl/α,β-unsaturated/α-hetero) is 2. The first kappa shape index (κ1) is 23.7. The van der Waals surface area contributed by atoms with Gasteiger partial charge in [-0.25, -0.2) is 0 Å². The number of benzene rings is 2. The van der Waals surface area contributed by atoms with E-state index in [1.165, 1.54) is 6.07 Å². The van der Waals surface area contributed by atoms with Crippen LogP contribution in [0.25, 0.3) is 0 Å². The van der Waals surface area contributed by atoms with Gasteiger partial charge in [0.15, 0.2) is 11.6 Å². The summed E-state index contributed by atoms with van der Waals surface area (Å²) in [5.41, 5.74) is 7.79. The second-order valence-corrected chi connectivity index (χ2v) is 9.70. The molecule has 1 amide bonds. The summed E-state index contributed by atoms with van der Waals surface area (Å²) in [6.45, 7) is 0. The third-order valence-corrected chi connectivity index (χ3v) is 7.71. The van der Waals surface area contributed by atoms with Crippen molar-refractivity contribution in [1.82, 2.24) is 0 Å². The summed E-state index contributed by atoms with van der Waals surface area (Å²) in [7, 11) is 1.61. The smallest absolute Gasteiger partial charge is 0.255 e. The molecule has 2 aromatic rings. The quantitative estimate of drug-likeness (QED) is 0.471. The molecule has 3 aliphatic rings. The number of nitrogens with two attached hydrogens (primary N) is 1. The second kappa shape index (κ2) is 8.86. The van der Waals surface area contributed by atoms with Crippen molar-refractivity contribution >= 4 is 17.5 Å². The maximum Gasteiger partial charge on any atom is 0.255 e. The van der Waals surface area contributed by atoms with Gasteiger partial charge in [-0.15, -0.1) is 0 Å². The Hall–Kier alpha value is -4.07. The Bertz CT molecular complexity index is 1350. The van der Waals surface area contributed by atoms with Gasteiger partial charge in [0.1, 0.15) is 28.6 Å². The number of carbonyl (C=O) groups excluding carboxylic acids is 3. The molecule has 0 spiro atoms. The van der Waals surface area contributed by atoms with Crippen molar-refractivity contribution in [3.8, 4) is 11.5 Å². The number of aliphatic hydroxyl groups excluding tert-OH is 2. The maximum atomic E-state index is 13.6. The van der Waals surface area contributed by atoms with E-state index in [0.717, 1.165) is 28.9 Å². The molecule has 36 heavy (non-hydrogen) atoms. The van der Waals surface area contributed by atoms with Gasteiger partial charge < -0.3 is 25.8 Å². The number of primary amides is 1. The number of carbonyl (C=O) groups is 3. The molecule has 0 saturated heterocycles. The number of ketones is 2. The predicted molar refractivity (Wildman–Crippen MR) is 130 cm³/mol. The molecule has 0 bridgehead atoms. The van der Waals surface area contributed by atoms with Crippen LogP contribution in [0.2, 0.25) is 0 Å². The molecule has 8 heteroatoms. The fourth-order valence-electron chi connectivity index (χ4n) is 6.01. The number of ether oxygens (including phenoxy) is 1. The van der Waals surface area contributed by atoms with Crippen molar-refractivity contribution in [1.29, 1.82) is 0 Å². The number of aryl methyl sites for hydroxylation is 2. The molecule has 5 N–H and O–H groups in total. The van der Waals surface area contributed by atoms with E-state index in [0.29, 0.717) is 19.3 Å². The molecule has 2 aromatic carbocycles. The lowest BCUT2D eigenvalue weighted by atomic mass is 9.62. The lowest BCUT2D eigenvalue weighted by molar-refractivity contribution is -0.126. The Labute approximate surface area is 207 Å². The van der Waals surface area contributed by atoms with E-state index < -0.39 is 34.9 Å². The molecule has 0 fully saturated rings. The Morgan fingerprint density at radius 2 is 1.75 bits per heavy atom. The highest BCUT2D eigenvalue weighted by molar-refractivity contribution is 6.22. The van der Waals surface area contributed by atoms with Crippen molar-refractivity contribution in [2.75, 3.05) is 7.11 Å². The van der Waals surface area contributed by atoms with E-state index in [1.807, 2.05) is 30.3 Å². The standard InChI is InChI=1S/C28H27NO7/c1-36-17-7-3-13(4-8-17)2-5-14-6-9-19(30)23-18(14)11-15-10-16-12-20(31)24(28(29)35)27(34)22(16)25(32)21(15)26(23)33/h3-4,6-9,15-16,22,30-32H,2,5,10-12H2,1H3,(H2,29,35)/t15-,16+,22?/m1/s1. The van der Waals surface area contributed by atoms with E-state index >= 15 is 0 Å². The molecular formula is C28H27NO7. The molecular weight excluding hydrogens is 462 g/mol. The number of phenolic OH excluding ortho intramolecular Hbond substituents is 1. The third kappa shape index (κ3) is 3.73. The van der Waals surface area contributed by atoms with Gasteiger partial charge in [0, 0.05) is 12.0 Å². The summed E-state index contributed by atoms with van der Waals surface area (Å²) in [4.78, 5) is 38.3. The molecule has 0 aromatic heterocycles. The number of phenols is 1. The summed E-state index contributed by atoms with van der Waals surface area (Å²) in [6, 6.07) is 11.1.